The molecular weight excluding hydrogens is 190 g/mol. The predicted molar refractivity (Wildman–Crippen MR) is 60.5 cm³/mol. The third kappa shape index (κ3) is 3.82. The van der Waals surface area contributed by atoms with Gasteiger partial charge in [-0.25, -0.2) is 0 Å². The Labute approximate surface area is 92.3 Å². The third-order valence-corrected chi connectivity index (χ3v) is 3.10. The number of aliphatic hydroxyl groups is 1. The van der Waals surface area contributed by atoms with Gasteiger partial charge in [0.1, 0.15) is 0 Å². The first kappa shape index (κ1) is 12.5. The Balaban J connectivity index is 2.28. The second-order valence-corrected chi connectivity index (χ2v) is 4.61. The molecule has 0 saturated heterocycles. The van der Waals surface area contributed by atoms with Crippen molar-refractivity contribution in [3.63, 3.8) is 0 Å². The van der Waals surface area contributed by atoms with Gasteiger partial charge in [0.2, 0.25) is 5.91 Å². The van der Waals surface area contributed by atoms with Crippen LogP contribution in [0.1, 0.15) is 52.4 Å². The van der Waals surface area contributed by atoms with Gasteiger partial charge in [0, 0.05) is 12.0 Å². The minimum atomic E-state index is -0.189. The van der Waals surface area contributed by atoms with Crippen molar-refractivity contribution < 1.29 is 9.90 Å². The van der Waals surface area contributed by atoms with Crippen molar-refractivity contribution in [3.8, 4) is 0 Å². The summed E-state index contributed by atoms with van der Waals surface area (Å²) in [7, 11) is 0. The van der Waals surface area contributed by atoms with Gasteiger partial charge in [0.05, 0.1) is 6.10 Å². The van der Waals surface area contributed by atoms with Gasteiger partial charge in [-0.2, -0.15) is 0 Å². The second kappa shape index (κ2) is 6.11. The fourth-order valence-corrected chi connectivity index (χ4v) is 2.13. The average molecular weight is 213 g/mol. The summed E-state index contributed by atoms with van der Waals surface area (Å²) in [5.41, 5.74) is 0. The van der Waals surface area contributed by atoms with E-state index in [4.69, 9.17) is 5.11 Å². The van der Waals surface area contributed by atoms with Crippen LogP contribution >= 0.6 is 0 Å². The highest BCUT2D eigenvalue weighted by atomic mass is 16.3. The van der Waals surface area contributed by atoms with E-state index < -0.39 is 0 Å². The van der Waals surface area contributed by atoms with Crippen molar-refractivity contribution in [1.82, 2.24) is 5.32 Å². The molecule has 3 nitrogen and oxygen atoms in total. The highest BCUT2D eigenvalue weighted by Gasteiger charge is 2.29. The molecule has 0 heterocycles. The molecular formula is C12H23NO2. The summed E-state index contributed by atoms with van der Waals surface area (Å²) >= 11 is 0. The normalized spacial score (nSPS) is 25.1. The number of carbonyl (C=O) groups excluding carboxylic acids is 1. The van der Waals surface area contributed by atoms with E-state index in [0.717, 1.165) is 38.5 Å². The SMILES string of the molecule is CCCC(CCC)C(=O)NC1CC(O)C1. The van der Waals surface area contributed by atoms with Crippen LogP contribution in [-0.2, 0) is 4.79 Å². The lowest BCUT2D eigenvalue weighted by Gasteiger charge is -2.33. The van der Waals surface area contributed by atoms with Gasteiger partial charge >= 0.3 is 0 Å². The molecule has 3 heteroatoms. The molecule has 0 aromatic rings. The van der Waals surface area contributed by atoms with Gasteiger partial charge in [0.15, 0.2) is 0 Å². The van der Waals surface area contributed by atoms with E-state index >= 15 is 0 Å². The van der Waals surface area contributed by atoms with Crippen molar-refractivity contribution in [2.45, 2.75) is 64.5 Å². The first-order valence-electron chi connectivity index (χ1n) is 6.15. The van der Waals surface area contributed by atoms with Crippen LogP contribution < -0.4 is 5.32 Å². The molecule has 1 rings (SSSR count). The van der Waals surface area contributed by atoms with Gasteiger partial charge in [-0.3, -0.25) is 4.79 Å². The van der Waals surface area contributed by atoms with Gasteiger partial charge in [0.25, 0.3) is 0 Å². The van der Waals surface area contributed by atoms with E-state index in [0.29, 0.717) is 0 Å². The average Bonchev–Trinajstić information content (AvgIpc) is 2.15. The monoisotopic (exact) mass is 213 g/mol. The molecule has 88 valence electrons. The van der Waals surface area contributed by atoms with Crippen molar-refractivity contribution in [1.29, 1.82) is 0 Å². The van der Waals surface area contributed by atoms with Crippen LogP contribution in [0.25, 0.3) is 0 Å². The number of amides is 1. The largest absolute Gasteiger partial charge is 0.393 e. The summed E-state index contributed by atoms with van der Waals surface area (Å²) in [6.07, 6.45) is 5.36. The maximum Gasteiger partial charge on any atom is 0.223 e. The second-order valence-electron chi connectivity index (χ2n) is 4.61. The number of hydrogen-bond donors (Lipinski definition) is 2. The summed E-state index contributed by atoms with van der Waals surface area (Å²) in [6, 6.07) is 0.226. The van der Waals surface area contributed by atoms with Crippen LogP contribution in [0.15, 0.2) is 0 Å². The molecule has 0 spiro atoms. The van der Waals surface area contributed by atoms with Crippen molar-refractivity contribution >= 4 is 5.91 Å². The summed E-state index contributed by atoms with van der Waals surface area (Å²) < 4.78 is 0. The molecule has 0 radical (unpaired) electrons. The third-order valence-electron chi connectivity index (χ3n) is 3.10. The Kier molecular flexibility index (Phi) is 5.09. The van der Waals surface area contributed by atoms with Gasteiger partial charge in [-0.05, 0) is 25.7 Å². The molecule has 0 atom stereocenters. The van der Waals surface area contributed by atoms with Crippen molar-refractivity contribution in [2.24, 2.45) is 5.92 Å². The van der Waals surface area contributed by atoms with Crippen LogP contribution in [-0.4, -0.2) is 23.2 Å². The molecule has 0 aliphatic heterocycles. The van der Waals surface area contributed by atoms with E-state index in [1.54, 1.807) is 0 Å². The predicted octanol–water partition coefficient (Wildman–Crippen LogP) is 1.84. The van der Waals surface area contributed by atoms with E-state index in [1.807, 2.05) is 0 Å². The zero-order valence-corrected chi connectivity index (χ0v) is 9.83. The summed E-state index contributed by atoms with van der Waals surface area (Å²) in [6.45, 7) is 4.23. The fourth-order valence-electron chi connectivity index (χ4n) is 2.13. The number of hydrogen-bond acceptors (Lipinski definition) is 2. The molecule has 1 amide bonds. The quantitative estimate of drug-likeness (QED) is 0.707. The lowest BCUT2D eigenvalue weighted by molar-refractivity contribution is -0.127. The molecule has 1 aliphatic rings. The highest BCUT2D eigenvalue weighted by Crippen LogP contribution is 2.21. The molecule has 0 aromatic heterocycles. The van der Waals surface area contributed by atoms with E-state index in [-0.39, 0.29) is 24.0 Å². The molecule has 2 N–H and O–H groups in total. The Morgan fingerprint density at radius 1 is 1.33 bits per heavy atom. The van der Waals surface area contributed by atoms with Crippen LogP contribution in [0.2, 0.25) is 0 Å². The summed E-state index contributed by atoms with van der Waals surface area (Å²) in [5, 5.41) is 12.1. The minimum Gasteiger partial charge on any atom is -0.393 e. The smallest absolute Gasteiger partial charge is 0.223 e. The molecule has 0 aromatic carbocycles. The Bertz CT molecular complexity index is 194. The number of rotatable bonds is 6. The maximum atomic E-state index is 11.8. The molecule has 1 fully saturated rings. The zero-order chi connectivity index (χ0) is 11.3. The number of nitrogens with one attached hydrogen (secondary N) is 1. The maximum absolute atomic E-state index is 11.8. The van der Waals surface area contributed by atoms with Crippen LogP contribution in [0.5, 0.6) is 0 Å². The Morgan fingerprint density at radius 2 is 1.87 bits per heavy atom. The number of carbonyl (C=O) groups is 1. The molecule has 0 unspecified atom stereocenters. The Hall–Kier alpha value is -0.570. The van der Waals surface area contributed by atoms with E-state index in [9.17, 15) is 4.79 Å². The molecule has 0 bridgehead atoms. The number of aliphatic hydroxyl groups excluding tert-OH is 1. The van der Waals surface area contributed by atoms with Gasteiger partial charge in [-0.15, -0.1) is 0 Å². The molecule has 15 heavy (non-hydrogen) atoms. The summed E-state index contributed by atoms with van der Waals surface area (Å²) in [4.78, 5) is 11.8. The zero-order valence-electron chi connectivity index (χ0n) is 9.83. The first-order chi connectivity index (χ1) is 7.17. The van der Waals surface area contributed by atoms with Gasteiger partial charge in [-0.1, -0.05) is 26.7 Å². The van der Waals surface area contributed by atoms with E-state index in [2.05, 4.69) is 19.2 Å². The first-order valence-corrected chi connectivity index (χ1v) is 6.15. The van der Waals surface area contributed by atoms with Crippen LogP contribution in [0.3, 0.4) is 0 Å². The van der Waals surface area contributed by atoms with Crippen LogP contribution in [0, 0.1) is 5.92 Å². The summed E-state index contributed by atoms with van der Waals surface area (Å²) in [5.74, 6) is 0.369. The Morgan fingerprint density at radius 3 is 2.27 bits per heavy atom. The topological polar surface area (TPSA) is 49.3 Å². The van der Waals surface area contributed by atoms with Crippen molar-refractivity contribution in [2.75, 3.05) is 0 Å². The van der Waals surface area contributed by atoms with Crippen LogP contribution in [0.4, 0.5) is 0 Å². The molecule has 1 aliphatic carbocycles. The lowest BCUT2D eigenvalue weighted by atomic mass is 9.88. The highest BCUT2D eigenvalue weighted by molar-refractivity contribution is 5.79. The van der Waals surface area contributed by atoms with E-state index in [1.165, 1.54) is 0 Å². The fraction of sp³-hybridized carbons (Fsp3) is 0.917. The van der Waals surface area contributed by atoms with Gasteiger partial charge < -0.3 is 10.4 Å². The van der Waals surface area contributed by atoms with Crippen molar-refractivity contribution in [3.05, 3.63) is 0 Å². The standard InChI is InChI=1S/C12H23NO2/c1-3-5-9(6-4-2)12(15)13-10-7-11(14)8-10/h9-11,14H,3-8H2,1-2H3,(H,13,15). The minimum absolute atomic E-state index is 0.178. The molecule has 1 saturated carbocycles. The lowest BCUT2D eigenvalue weighted by Crippen LogP contribution is -2.48.